The lowest BCUT2D eigenvalue weighted by atomic mass is 10.1. The molecule has 0 fully saturated rings. The van der Waals surface area contributed by atoms with Crippen molar-refractivity contribution in [2.75, 3.05) is 19.8 Å². The van der Waals surface area contributed by atoms with Crippen molar-refractivity contribution in [3.8, 4) is 5.75 Å². The van der Waals surface area contributed by atoms with Gasteiger partial charge in [-0.1, -0.05) is 26.0 Å². The SMILES string of the molecule is CCOCCCN1C(=O)C(SC(C)C)=C(c2ccc(OC(C)C)cc2)C1=O. The molecule has 0 aliphatic carbocycles. The van der Waals surface area contributed by atoms with Crippen LogP contribution < -0.4 is 4.74 Å². The molecule has 0 saturated heterocycles. The lowest BCUT2D eigenvalue weighted by Gasteiger charge is -2.15. The van der Waals surface area contributed by atoms with E-state index in [0.29, 0.717) is 36.7 Å². The number of hydrogen-bond acceptors (Lipinski definition) is 5. The maximum Gasteiger partial charge on any atom is 0.267 e. The minimum absolute atomic E-state index is 0.0812. The van der Waals surface area contributed by atoms with E-state index in [1.807, 2.05) is 58.9 Å². The number of carbonyl (C=O) groups is 2. The fourth-order valence-corrected chi connectivity index (χ4v) is 3.80. The zero-order valence-electron chi connectivity index (χ0n) is 16.8. The van der Waals surface area contributed by atoms with Crippen molar-refractivity contribution in [2.45, 2.75) is 52.4 Å². The third kappa shape index (κ3) is 5.59. The largest absolute Gasteiger partial charge is 0.491 e. The first-order valence-electron chi connectivity index (χ1n) is 9.47. The van der Waals surface area contributed by atoms with Crippen LogP contribution in [0.1, 0.15) is 46.6 Å². The summed E-state index contributed by atoms with van der Waals surface area (Å²) in [6.45, 7) is 11.4. The number of carbonyl (C=O) groups excluding carboxylic acids is 2. The minimum Gasteiger partial charge on any atom is -0.491 e. The van der Waals surface area contributed by atoms with Gasteiger partial charge in [0.15, 0.2) is 0 Å². The number of nitrogens with zero attached hydrogens (tertiary/aromatic N) is 1. The molecule has 6 heteroatoms. The molecule has 1 aliphatic heterocycles. The van der Waals surface area contributed by atoms with Crippen molar-refractivity contribution in [3.05, 3.63) is 34.7 Å². The quantitative estimate of drug-likeness (QED) is 0.443. The lowest BCUT2D eigenvalue weighted by molar-refractivity contribution is -0.136. The zero-order chi connectivity index (χ0) is 20.0. The van der Waals surface area contributed by atoms with Crippen molar-refractivity contribution < 1.29 is 19.1 Å². The first-order valence-corrected chi connectivity index (χ1v) is 10.3. The maximum atomic E-state index is 13.0. The second-order valence-electron chi connectivity index (χ2n) is 6.87. The highest BCUT2D eigenvalue weighted by molar-refractivity contribution is 8.04. The predicted molar refractivity (Wildman–Crippen MR) is 110 cm³/mol. The number of hydrogen-bond donors (Lipinski definition) is 0. The number of rotatable bonds is 10. The van der Waals surface area contributed by atoms with E-state index in [0.717, 1.165) is 11.3 Å². The highest BCUT2D eigenvalue weighted by Crippen LogP contribution is 2.38. The monoisotopic (exact) mass is 391 g/mol. The van der Waals surface area contributed by atoms with E-state index in [1.54, 1.807) is 0 Å². The molecule has 5 nitrogen and oxygen atoms in total. The number of ether oxygens (including phenoxy) is 2. The van der Waals surface area contributed by atoms with Gasteiger partial charge in [-0.25, -0.2) is 0 Å². The average Bonchev–Trinajstić information content (AvgIpc) is 2.82. The van der Waals surface area contributed by atoms with Gasteiger partial charge in [0.05, 0.1) is 16.6 Å². The van der Waals surface area contributed by atoms with Crippen molar-refractivity contribution >= 4 is 29.1 Å². The van der Waals surface area contributed by atoms with Crippen LogP contribution in [0.25, 0.3) is 5.57 Å². The number of imide groups is 1. The minimum atomic E-state index is -0.225. The molecule has 148 valence electrons. The van der Waals surface area contributed by atoms with E-state index >= 15 is 0 Å². The molecule has 2 rings (SSSR count). The summed E-state index contributed by atoms with van der Waals surface area (Å²) in [6, 6.07) is 7.39. The molecular formula is C21H29NO4S. The van der Waals surface area contributed by atoms with Crippen molar-refractivity contribution in [1.29, 1.82) is 0 Å². The van der Waals surface area contributed by atoms with E-state index in [9.17, 15) is 9.59 Å². The van der Waals surface area contributed by atoms with Gasteiger partial charge in [0.25, 0.3) is 11.8 Å². The van der Waals surface area contributed by atoms with Gasteiger partial charge >= 0.3 is 0 Å². The summed E-state index contributed by atoms with van der Waals surface area (Å²) in [6.07, 6.45) is 0.719. The molecule has 1 aromatic carbocycles. The predicted octanol–water partition coefficient (Wildman–Crippen LogP) is 4.12. The molecule has 0 unspecified atom stereocenters. The maximum absolute atomic E-state index is 13.0. The highest BCUT2D eigenvalue weighted by Gasteiger charge is 2.39. The number of amides is 2. The summed E-state index contributed by atoms with van der Waals surface area (Å²) in [5.41, 5.74) is 1.24. The molecule has 0 aromatic heterocycles. The second kappa shape index (κ2) is 9.95. The van der Waals surface area contributed by atoms with E-state index in [2.05, 4.69) is 0 Å². The lowest BCUT2D eigenvalue weighted by Crippen LogP contribution is -2.33. The first-order chi connectivity index (χ1) is 12.8. The number of benzene rings is 1. The molecule has 0 saturated carbocycles. The molecule has 0 N–H and O–H groups in total. The van der Waals surface area contributed by atoms with Gasteiger partial charge in [0.2, 0.25) is 0 Å². The molecule has 0 bridgehead atoms. The van der Waals surface area contributed by atoms with E-state index in [4.69, 9.17) is 9.47 Å². The Bertz CT molecular complexity index is 695. The van der Waals surface area contributed by atoms with Crippen LogP contribution in [0.15, 0.2) is 29.2 Å². The van der Waals surface area contributed by atoms with Crippen LogP contribution in [-0.4, -0.2) is 47.8 Å². The van der Waals surface area contributed by atoms with E-state index < -0.39 is 0 Å². The van der Waals surface area contributed by atoms with Gasteiger partial charge < -0.3 is 9.47 Å². The fourth-order valence-electron chi connectivity index (χ4n) is 2.80. The molecule has 2 amide bonds. The summed E-state index contributed by atoms with van der Waals surface area (Å²) < 4.78 is 11.0. The van der Waals surface area contributed by atoms with E-state index in [1.165, 1.54) is 16.7 Å². The third-order valence-corrected chi connectivity index (χ3v) is 4.95. The summed E-state index contributed by atoms with van der Waals surface area (Å²) in [5, 5.41) is 0.207. The second-order valence-corrected chi connectivity index (χ2v) is 8.46. The molecular weight excluding hydrogens is 362 g/mol. The summed E-state index contributed by atoms with van der Waals surface area (Å²) >= 11 is 1.44. The molecule has 1 aromatic rings. The Morgan fingerprint density at radius 2 is 1.70 bits per heavy atom. The topological polar surface area (TPSA) is 55.8 Å². The standard InChI is InChI=1S/C21H29NO4S/c1-6-25-13-7-12-22-20(23)18(19(21(22)24)27-15(4)5)16-8-10-17(11-9-16)26-14(2)3/h8-11,14-15H,6-7,12-13H2,1-5H3. The van der Waals surface area contributed by atoms with Crippen LogP contribution >= 0.6 is 11.8 Å². The van der Waals surface area contributed by atoms with E-state index in [-0.39, 0.29) is 23.2 Å². The summed E-state index contributed by atoms with van der Waals surface area (Å²) in [4.78, 5) is 27.7. The third-order valence-electron chi connectivity index (χ3n) is 3.87. The molecule has 0 radical (unpaired) electrons. The highest BCUT2D eigenvalue weighted by atomic mass is 32.2. The van der Waals surface area contributed by atoms with Gasteiger partial charge in [-0.3, -0.25) is 14.5 Å². The normalized spacial score (nSPS) is 14.9. The Hall–Kier alpha value is -1.79. The zero-order valence-corrected chi connectivity index (χ0v) is 17.6. The Labute approximate surface area is 166 Å². The van der Waals surface area contributed by atoms with Crippen molar-refractivity contribution in [3.63, 3.8) is 0 Å². The molecule has 0 atom stereocenters. The fraction of sp³-hybridized carbons (Fsp3) is 0.524. The van der Waals surface area contributed by atoms with Crippen LogP contribution in [0.2, 0.25) is 0 Å². The van der Waals surface area contributed by atoms with Gasteiger partial charge in [0.1, 0.15) is 5.75 Å². The van der Waals surface area contributed by atoms with Crippen LogP contribution in [0.5, 0.6) is 5.75 Å². The smallest absolute Gasteiger partial charge is 0.267 e. The van der Waals surface area contributed by atoms with Crippen molar-refractivity contribution in [1.82, 2.24) is 4.90 Å². The Morgan fingerprint density at radius 1 is 1.04 bits per heavy atom. The van der Waals surface area contributed by atoms with Crippen LogP contribution in [0, 0.1) is 0 Å². The van der Waals surface area contributed by atoms with Gasteiger partial charge in [-0.15, -0.1) is 11.8 Å². The number of thioether (sulfide) groups is 1. The average molecular weight is 392 g/mol. The molecule has 0 spiro atoms. The van der Waals surface area contributed by atoms with Gasteiger partial charge in [-0.2, -0.15) is 0 Å². The van der Waals surface area contributed by atoms with Gasteiger partial charge in [-0.05, 0) is 44.9 Å². The Morgan fingerprint density at radius 3 is 2.26 bits per heavy atom. The molecule has 27 heavy (non-hydrogen) atoms. The summed E-state index contributed by atoms with van der Waals surface area (Å²) in [7, 11) is 0. The first kappa shape index (κ1) is 21.5. The van der Waals surface area contributed by atoms with Crippen LogP contribution in [0.4, 0.5) is 0 Å². The van der Waals surface area contributed by atoms with Crippen LogP contribution in [-0.2, 0) is 14.3 Å². The Kier molecular flexibility index (Phi) is 7.92. The van der Waals surface area contributed by atoms with Crippen molar-refractivity contribution in [2.24, 2.45) is 0 Å². The molecule has 1 heterocycles. The Balaban J connectivity index is 2.26. The molecule has 1 aliphatic rings. The summed E-state index contributed by atoms with van der Waals surface area (Å²) in [5.74, 6) is 0.322. The van der Waals surface area contributed by atoms with Gasteiger partial charge in [0, 0.05) is 25.0 Å². The van der Waals surface area contributed by atoms with Crippen LogP contribution in [0.3, 0.4) is 0 Å².